The second-order valence-electron chi connectivity index (χ2n) is 5.00. The molecule has 0 radical (unpaired) electrons. The zero-order valence-electron chi connectivity index (χ0n) is 12.1. The lowest BCUT2D eigenvalue weighted by Crippen LogP contribution is -2.46. The minimum atomic E-state index is -4.74. The smallest absolute Gasteiger partial charge is 0.314 e. The third-order valence-corrected chi connectivity index (χ3v) is 3.50. The van der Waals surface area contributed by atoms with Crippen LogP contribution in [0.3, 0.4) is 0 Å². The molecule has 2 rings (SSSR count). The van der Waals surface area contributed by atoms with Crippen molar-refractivity contribution < 1.29 is 30.7 Å². The van der Waals surface area contributed by atoms with E-state index in [2.05, 4.69) is 5.32 Å². The van der Waals surface area contributed by atoms with Crippen LogP contribution in [0.1, 0.15) is 18.0 Å². The molecule has 1 aromatic rings. The summed E-state index contributed by atoms with van der Waals surface area (Å²) in [6, 6.07) is -1.83. The first-order chi connectivity index (χ1) is 10.2. The molecule has 1 saturated heterocycles. The highest BCUT2D eigenvalue weighted by Gasteiger charge is 2.39. The molecule has 24 heavy (non-hydrogen) atoms. The van der Waals surface area contributed by atoms with Crippen LogP contribution in [0.5, 0.6) is 0 Å². The number of hydrogen-bond acceptors (Lipinski definition) is 2. The lowest BCUT2D eigenvalue weighted by Gasteiger charge is -2.35. The zero-order chi connectivity index (χ0) is 16.5. The van der Waals surface area contributed by atoms with E-state index >= 15 is 0 Å². The third-order valence-electron chi connectivity index (χ3n) is 3.50. The molecule has 1 aliphatic rings. The number of nitrogens with one attached hydrogen (secondary N) is 1. The summed E-state index contributed by atoms with van der Waals surface area (Å²) in [5, 5.41) is 2.88. The van der Waals surface area contributed by atoms with E-state index in [4.69, 9.17) is 0 Å². The van der Waals surface area contributed by atoms with Crippen LogP contribution in [0.2, 0.25) is 0 Å². The van der Waals surface area contributed by atoms with Gasteiger partial charge in [-0.2, -0.15) is 13.2 Å². The molecular formula is C13H15Cl2F7N2. The molecule has 140 valence electrons. The molecule has 1 heterocycles. The van der Waals surface area contributed by atoms with Gasteiger partial charge >= 0.3 is 6.18 Å². The maximum absolute atomic E-state index is 13.8. The van der Waals surface area contributed by atoms with E-state index in [0.717, 1.165) is 0 Å². The maximum atomic E-state index is 13.8. The minimum absolute atomic E-state index is 0. The zero-order valence-corrected chi connectivity index (χ0v) is 13.7. The van der Waals surface area contributed by atoms with Gasteiger partial charge in [0.2, 0.25) is 0 Å². The van der Waals surface area contributed by atoms with Gasteiger partial charge in [0, 0.05) is 43.9 Å². The van der Waals surface area contributed by atoms with Crippen LogP contribution in [-0.4, -0.2) is 37.3 Å². The van der Waals surface area contributed by atoms with Gasteiger partial charge in [-0.25, -0.2) is 17.6 Å². The fraction of sp³-hybridized carbons (Fsp3) is 0.538. The van der Waals surface area contributed by atoms with Gasteiger partial charge in [0.15, 0.2) is 23.3 Å². The van der Waals surface area contributed by atoms with Gasteiger partial charge in [0.25, 0.3) is 0 Å². The molecule has 1 aromatic carbocycles. The average Bonchev–Trinajstić information content (AvgIpc) is 2.44. The molecule has 1 N–H and O–H groups in total. The lowest BCUT2D eigenvalue weighted by molar-refractivity contribution is -0.149. The Morgan fingerprint density at radius 3 is 1.83 bits per heavy atom. The summed E-state index contributed by atoms with van der Waals surface area (Å²) in [5.74, 6) is -6.99. The largest absolute Gasteiger partial charge is 0.390 e. The normalized spacial score (nSPS) is 17.0. The van der Waals surface area contributed by atoms with Crippen molar-refractivity contribution >= 4 is 24.8 Å². The Bertz CT molecular complexity index is 522. The van der Waals surface area contributed by atoms with E-state index in [-0.39, 0.29) is 44.0 Å². The molecule has 0 amide bonds. The Kier molecular flexibility index (Phi) is 8.78. The predicted octanol–water partition coefficient (Wildman–Crippen LogP) is 3.99. The van der Waals surface area contributed by atoms with Gasteiger partial charge in [-0.3, -0.25) is 4.90 Å². The van der Waals surface area contributed by atoms with Crippen molar-refractivity contribution in [1.29, 1.82) is 0 Å². The van der Waals surface area contributed by atoms with Gasteiger partial charge in [-0.05, 0) is 0 Å². The average molecular weight is 403 g/mol. The summed E-state index contributed by atoms with van der Waals surface area (Å²) in [6.45, 7) is 0.792. The van der Waals surface area contributed by atoms with Crippen LogP contribution < -0.4 is 5.32 Å². The van der Waals surface area contributed by atoms with E-state index < -0.39 is 47.5 Å². The molecular weight excluding hydrogens is 388 g/mol. The fourth-order valence-electron chi connectivity index (χ4n) is 2.51. The maximum Gasteiger partial charge on any atom is 0.390 e. The van der Waals surface area contributed by atoms with E-state index in [1.165, 1.54) is 4.90 Å². The SMILES string of the molecule is Cl.Cl.Fc1cc(F)c(F)c([C@@H](CC(F)(F)F)N2CCNCC2)c1F. The first kappa shape index (κ1) is 23.2. The first-order valence-corrected chi connectivity index (χ1v) is 6.55. The Balaban J connectivity index is 0.00000264. The highest BCUT2D eigenvalue weighted by molar-refractivity contribution is 5.85. The number of piperazine rings is 1. The predicted molar refractivity (Wildman–Crippen MR) is 78.6 cm³/mol. The Morgan fingerprint density at radius 2 is 1.42 bits per heavy atom. The number of hydrogen-bond donors (Lipinski definition) is 1. The van der Waals surface area contributed by atoms with Gasteiger partial charge < -0.3 is 5.32 Å². The highest BCUT2D eigenvalue weighted by atomic mass is 35.5. The molecule has 0 spiro atoms. The van der Waals surface area contributed by atoms with Crippen molar-refractivity contribution in [1.82, 2.24) is 10.2 Å². The Hall–Kier alpha value is -0.770. The summed E-state index contributed by atoms with van der Waals surface area (Å²) in [7, 11) is 0. The summed E-state index contributed by atoms with van der Waals surface area (Å²) in [5.41, 5.74) is -1.21. The number of rotatable bonds is 3. The summed E-state index contributed by atoms with van der Waals surface area (Å²) < 4.78 is 92.4. The van der Waals surface area contributed by atoms with E-state index in [1.54, 1.807) is 0 Å². The van der Waals surface area contributed by atoms with E-state index in [9.17, 15) is 30.7 Å². The van der Waals surface area contributed by atoms with Crippen molar-refractivity contribution in [2.75, 3.05) is 26.2 Å². The van der Waals surface area contributed by atoms with Crippen molar-refractivity contribution in [2.24, 2.45) is 0 Å². The molecule has 1 fully saturated rings. The van der Waals surface area contributed by atoms with Gasteiger partial charge in [-0.1, -0.05) is 0 Å². The Morgan fingerprint density at radius 1 is 0.958 bits per heavy atom. The van der Waals surface area contributed by atoms with Crippen molar-refractivity contribution in [3.05, 3.63) is 34.9 Å². The summed E-state index contributed by atoms with van der Waals surface area (Å²) >= 11 is 0. The van der Waals surface area contributed by atoms with Gasteiger partial charge in [0.05, 0.1) is 6.42 Å². The molecule has 0 aliphatic carbocycles. The third kappa shape index (κ3) is 5.37. The molecule has 2 nitrogen and oxygen atoms in total. The number of nitrogens with zero attached hydrogens (tertiary/aromatic N) is 1. The molecule has 0 unspecified atom stereocenters. The number of benzene rings is 1. The van der Waals surface area contributed by atoms with Crippen LogP contribution in [0.25, 0.3) is 0 Å². The second kappa shape index (κ2) is 9.07. The van der Waals surface area contributed by atoms with Crippen molar-refractivity contribution in [3.8, 4) is 0 Å². The van der Waals surface area contributed by atoms with Gasteiger partial charge in [-0.15, -0.1) is 24.8 Å². The van der Waals surface area contributed by atoms with Crippen molar-refractivity contribution in [2.45, 2.75) is 18.6 Å². The molecule has 0 saturated carbocycles. The molecule has 1 aliphatic heterocycles. The second-order valence-corrected chi connectivity index (χ2v) is 5.00. The van der Waals surface area contributed by atoms with Crippen LogP contribution >= 0.6 is 24.8 Å². The van der Waals surface area contributed by atoms with E-state index in [0.29, 0.717) is 13.1 Å². The van der Waals surface area contributed by atoms with Gasteiger partial charge in [0.1, 0.15) is 0 Å². The van der Waals surface area contributed by atoms with Crippen LogP contribution in [0.4, 0.5) is 30.7 Å². The van der Waals surface area contributed by atoms with Crippen LogP contribution in [0, 0.1) is 23.3 Å². The molecule has 0 bridgehead atoms. The fourth-order valence-corrected chi connectivity index (χ4v) is 2.51. The summed E-state index contributed by atoms with van der Waals surface area (Å²) in [4.78, 5) is 1.17. The number of halogens is 9. The standard InChI is InChI=1S/C13H13F7N2.2ClH/c14-7-5-8(15)12(17)10(11(7)16)9(6-13(18,19)20)22-3-1-21-2-4-22;;/h5,9,21H,1-4,6H2;2*1H/t9-;;/m1../s1. The number of alkyl halides is 3. The minimum Gasteiger partial charge on any atom is -0.314 e. The Labute approximate surface area is 146 Å². The lowest BCUT2D eigenvalue weighted by atomic mass is 9.99. The molecule has 11 heteroatoms. The topological polar surface area (TPSA) is 15.3 Å². The molecule has 0 aromatic heterocycles. The first-order valence-electron chi connectivity index (χ1n) is 6.55. The van der Waals surface area contributed by atoms with Crippen LogP contribution in [0.15, 0.2) is 6.07 Å². The summed E-state index contributed by atoms with van der Waals surface area (Å²) in [6.07, 6.45) is -6.33. The van der Waals surface area contributed by atoms with Crippen molar-refractivity contribution in [3.63, 3.8) is 0 Å². The monoisotopic (exact) mass is 402 g/mol. The van der Waals surface area contributed by atoms with E-state index in [1.807, 2.05) is 0 Å². The quantitative estimate of drug-likeness (QED) is 0.607. The van der Waals surface area contributed by atoms with Crippen LogP contribution in [-0.2, 0) is 0 Å². The highest BCUT2D eigenvalue weighted by Crippen LogP contribution is 2.37. The molecule has 1 atom stereocenters.